The van der Waals surface area contributed by atoms with Gasteiger partial charge < -0.3 is 5.32 Å². The number of thiophene rings is 1. The van der Waals surface area contributed by atoms with E-state index in [9.17, 15) is 0 Å². The Balaban J connectivity index is 1.96. The molecule has 2 rings (SSSR count). The number of hydrogen-bond donors (Lipinski definition) is 1. The summed E-state index contributed by atoms with van der Waals surface area (Å²) in [7, 11) is 0. The van der Waals surface area contributed by atoms with Crippen LogP contribution < -0.4 is 5.32 Å². The van der Waals surface area contributed by atoms with E-state index in [2.05, 4.69) is 70.8 Å². The highest BCUT2D eigenvalue weighted by Gasteiger charge is 2.13. The summed E-state index contributed by atoms with van der Waals surface area (Å²) in [5, 5.41) is 5.85. The van der Waals surface area contributed by atoms with Gasteiger partial charge in [-0.1, -0.05) is 25.1 Å². The monoisotopic (exact) mass is 383 g/mol. The second-order valence-electron chi connectivity index (χ2n) is 5.12. The molecule has 4 heteroatoms. The quantitative estimate of drug-likeness (QED) is 0.602. The number of hydrogen-bond acceptors (Lipinski definition) is 3. The number of benzene rings is 1. The second kappa shape index (κ2) is 8.99. The van der Waals surface area contributed by atoms with Gasteiger partial charge in [-0.3, -0.25) is 0 Å². The Morgan fingerprint density at radius 3 is 2.76 bits per heavy atom. The van der Waals surface area contributed by atoms with Crippen molar-refractivity contribution in [1.82, 2.24) is 5.32 Å². The van der Waals surface area contributed by atoms with Crippen LogP contribution in [0, 0.1) is 6.92 Å². The molecule has 1 N–H and O–H groups in total. The molecule has 0 spiro atoms. The third kappa shape index (κ3) is 5.44. The van der Waals surface area contributed by atoms with E-state index in [-0.39, 0.29) is 0 Å². The molecule has 1 aromatic carbocycles. The molecule has 0 aliphatic heterocycles. The van der Waals surface area contributed by atoms with Gasteiger partial charge in [0.1, 0.15) is 0 Å². The van der Waals surface area contributed by atoms with E-state index < -0.39 is 0 Å². The molecule has 0 aliphatic carbocycles. The van der Waals surface area contributed by atoms with Crippen LogP contribution in [-0.2, 0) is 6.42 Å². The Hall–Kier alpha value is -0.290. The van der Waals surface area contributed by atoms with Gasteiger partial charge >= 0.3 is 0 Å². The van der Waals surface area contributed by atoms with E-state index in [1.165, 1.54) is 26.2 Å². The van der Waals surface area contributed by atoms with Crippen molar-refractivity contribution in [3.63, 3.8) is 0 Å². The van der Waals surface area contributed by atoms with Crippen LogP contribution in [-0.4, -0.2) is 18.3 Å². The molecule has 1 atom stereocenters. The zero-order valence-electron chi connectivity index (χ0n) is 12.6. The number of aryl methyl sites for hydroxylation is 1. The minimum atomic E-state index is 0.518. The zero-order valence-corrected chi connectivity index (χ0v) is 15.8. The van der Waals surface area contributed by atoms with Gasteiger partial charge in [-0.2, -0.15) is 0 Å². The van der Waals surface area contributed by atoms with Gasteiger partial charge in [-0.05, 0) is 65.3 Å². The van der Waals surface area contributed by atoms with Crippen LogP contribution in [0.15, 0.2) is 45.1 Å². The fourth-order valence-electron chi connectivity index (χ4n) is 2.14. The molecule has 1 nitrogen and oxygen atoms in total. The van der Waals surface area contributed by atoms with Crippen molar-refractivity contribution in [2.75, 3.05) is 12.3 Å². The maximum absolute atomic E-state index is 3.69. The van der Waals surface area contributed by atoms with E-state index in [1.54, 1.807) is 0 Å². The van der Waals surface area contributed by atoms with Crippen LogP contribution in [0.4, 0.5) is 0 Å². The highest BCUT2D eigenvalue weighted by atomic mass is 79.9. The largest absolute Gasteiger partial charge is 0.313 e. The lowest BCUT2D eigenvalue weighted by atomic mass is 10.2. The molecule has 1 heterocycles. The van der Waals surface area contributed by atoms with Crippen LogP contribution in [0.25, 0.3) is 0 Å². The Morgan fingerprint density at radius 1 is 1.29 bits per heavy atom. The lowest BCUT2D eigenvalue weighted by Gasteiger charge is -2.18. The summed E-state index contributed by atoms with van der Waals surface area (Å²) in [6.45, 7) is 5.49. The number of halogens is 1. The SMILES string of the molecule is CCCNC(CSc1ccccc1C)Cc1sccc1Br. The lowest BCUT2D eigenvalue weighted by molar-refractivity contribution is 0.552. The van der Waals surface area contributed by atoms with E-state index in [4.69, 9.17) is 0 Å². The highest BCUT2D eigenvalue weighted by Crippen LogP contribution is 2.27. The average molecular weight is 384 g/mol. The summed E-state index contributed by atoms with van der Waals surface area (Å²) >= 11 is 7.45. The molecule has 1 unspecified atom stereocenters. The highest BCUT2D eigenvalue weighted by molar-refractivity contribution is 9.10. The van der Waals surface area contributed by atoms with Gasteiger partial charge in [0.2, 0.25) is 0 Å². The first-order valence-electron chi connectivity index (χ1n) is 7.34. The molecule has 0 fully saturated rings. The molecule has 0 aliphatic rings. The maximum Gasteiger partial charge on any atom is 0.0314 e. The Morgan fingerprint density at radius 2 is 2.10 bits per heavy atom. The van der Waals surface area contributed by atoms with Gasteiger partial charge in [0.15, 0.2) is 0 Å². The molecular formula is C17H22BrNS2. The van der Waals surface area contributed by atoms with Gasteiger partial charge in [0.25, 0.3) is 0 Å². The molecule has 21 heavy (non-hydrogen) atoms. The second-order valence-corrected chi connectivity index (χ2v) is 8.04. The Bertz CT molecular complexity index is 553. The fourth-order valence-corrected chi connectivity index (χ4v) is 4.82. The first-order chi connectivity index (χ1) is 10.2. The topological polar surface area (TPSA) is 12.0 Å². The first-order valence-corrected chi connectivity index (χ1v) is 10.00. The molecule has 1 aromatic heterocycles. The van der Waals surface area contributed by atoms with Gasteiger partial charge in [0, 0.05) is 26.0 Å². The lowest BCUT2D eigenvalue weighted by Crippen LogP contribution is -2.33. The van der Waals surface area contributed by atoms with E-state index in [0.29, 0.717) is 6.04 Å². The van der Waals surface area contributed by atoms with Gasteiger partial charge in [-0.15, -0.1) is 23.1 Å². The zero-order chi connectivity index (χ0) is 15.1. The molecular weight excluding hydrogens is 362 g/mol. The number of thioether (sulfide) groups is 1. The summed E-state index contributed by atoms with van der Waals surface area (Å²) in [5.41, 5.74) is 1.37. The van der Waals surface area contributed by atoms with E-state index in [0.717, 1.165) is 18.7 Å². The van der Waals surface area contributed by atoms with Crippen molar-refractivity contribution in [3.8, 4) is 0 Å². The van der Waals surface area contributed by atoms with Crippen LogP contribution in [0.1, 0.15) is 23.8 Å². The summed E-state index contributed by atoms with van der Waals surface area (Å²) in [6, 6.07) is 11.3. The molecule has 0 bridgehead atoms. The Kier molecular flexibility index (Phi) is 7.30. The van der Waals surface area contributed by atoms with Crippen molar-refractivity contribution < 1.29 is 0 Å². The predicted octanol–water partition coefficient (Wildman–Crippen LogP) is 5.52. The van der Waals surface area contributed by atoms with Crippen LogP contribution >= 0.6 is 39.0 Å². The van der Waals surface area contributed by atoms with Crippen molar-refractivity contribution in [3.05, 3.63) is 50.6 Å². The molecule has 0 saturated heterocycles. The van der Waals surface area contributed by atoms with E-state index >= 15 is 0 Å². The third-order valence-corrected chi connectivity index (χ3v) is 6.63. The van der Waals surface area contributed by atoms with Crippen molar-refractivity contribution in [2.24, 2.45) is 0 Å². The number of rotatable bonds is 8. The van der Waals surface area contributed by atoms with Crippen molar-refractivity contribution >= 4 is 39.0 Å². The van der Waals surface area contributed by atoms with Crippen molar-refractivity contribution in [1.29, 1.82) is 0 Å². The van der Waals surface area contributed by atoms with Crippen molar-refractivity contribution in [2.45, 2.75) is 37.6 Å². The smallest absolute Gasteiger partial charge is 0.0314 e. The maximum atomic E-state index is 3.69. The molecule has 0 saturated carbocycles. The van der Waals surface area contributed by atoms with Crippen LogP contribution in [0.2, 0.25) is 0 Å². The van der Waals surface area contributed by atoms with Crippen LogP contribution in [0.3, 0.4) is 0 Å². The summed E-state index contributed by atoms with van der Waals surface area (Å²) < 4.78 is 1.25. The molecule has 2 aromatic rings. The minimum absolute atomic E-state index is 0.518. The third-order valence-electron chi connectivity index (χ3n) is 3.34. The fraction of sp³-hybridized carbons (Fsp3) is 0.412. The molecule has 0 radical (unpaired) electrons. The molecule has 0 amide bonds. The van der Waals surface area contributed by atoms with Gasteiger partial charge in [0.05, 0.1) is 0 Å². The van der Waals surface area contributed by atoms with E-state index in [1.807, 2.05) is 23.1 Å². The standard InChI is InChI=1S/C17H22BrNS2/c1-3-9-19-14(11-17-15(18)8-10-20-17)12-21-16-7-5-4-6-13(16)2/h4-8,10,14,19H,3,9,11-12H2,1-2H3. The van der Waals surface area contributed by atoms with Gasteiger partial charge in [-0.25, -0.2) is 0 Å². The molecule has 114 valence electrons. The average Bonchev–Trinajstić information content (AvgIpc) is 2.88. The summed E-state index contributed by atoms with van der Waals surface area (Å²) in [4.78, 5) is 2.83. The minimum Gasteiger partial charge on any atom is -0.313 e. The predicted molar refractivity (Wildman–Crippen MR) is 99.7 cm³/mol. The Labute approximate surface area is 144 Å². The first kappa shape index (κ1) is 17.1. The van der Waals surface area contributed by atoms with Crippen LogP contribution in [0.5, 0.6) is 0 Å². The normalized spacial score (nSPS) is 12.5. The number of nitrogens with one attached hydrogen (secondary N) is 1. The summed E-state index contributed by atoms with van der Waals surface area (Å²) in [5.74, 6) is 1.11. The summed E-state index contributed by atoms with van der Waals surface area (Å²) in [6.07, 6.45) is 2.27.